The number of amides is 1. The molecule has 1 fully saturated rings. The van der Waals surface area contributed by atoms with Crippen molar-refractivity contribution in [2.24, 2.45) is 5.84 Å². The molecule has 0 aromatic heterocycles. The second-order valence-electron chi connectivity index (χ2n) is 8.36. The van der Waals surface area contributed by atoms with Crippen molar-refractivity contribution >= 4 is 22.4 Å². The highest BCUT2D eigenvalue weighted by Gasteiger charge is 2.33. The Balaban J connectivity index is 1.78. The van der Waals surface area contributed by atoms with E-state index in [0.29, 0.717) is 0 Å². The maximum atomic E-state index is 13.8. The maximum absolute atomic E-state index is 13.8. The molecule has 1 aliphatic heterocycles. The Bertz CT molecular complexity index is 1030. The topological polar surface area (TPSA) is 52.8 Å². The molecule has 0 bridgehead atoms. The highest BCUT2D eigenvalue weighted by atomic mass is 16.2. The standard InChI is InChI=1S/C25H30N4O/c1-18-15-19(2)17-21(16-18)29(26)25(30)24(28-13-11-27(3)12-14-28)23-10-6-8-20-7-4-5-9-22(20)23/h4-10,15-17,24H,11-14,26H2,1-3H3. The number of nitrogens with two attached hydrogens (primary N) is 1. The number of anilines is 1. The second kappa shape index (κ2) is 8.56. The molecule has 0 radical (unpaired) electrons. The highest BCUT2D eigenvalue weighted by molar-refractivity contribution is 6.00. The summed E-state index contributed by atoms with van der Waals surface area (Å²) in [4.78, 5) is 18.4. The predicted octanol–water partition coefficient (Wildman–Crippen LogP) is 3.65. The smallest absolute Gasteiger partial charge is 0.263 e. The van der Waals surface area contributed by atoms with Gasteiger partial charge in [-0.05, 0) is 60.5 Å². The third-order valence-electron chi connectivity index (χ3n) is 5.98. The molecule has 1 unspecified atom stereocenters. The first kappa shape index (κ1) is 20.5. The van der Waals surface area contributed by atoms with Gasteiger partial charge in [0.2, 0.25) is 0 Å². The molecule has 3 aromatic rings. The number of hydrogen-bond donors (Lipinski definition) is 1. The molecule has 5 heteroatoms. The van der Waals surface area contributed by atoms with Gasteiger partial charge in [-0.2, -0.15) is 0 Å². The van der Waals surface area contributed by atoms with Gasteiger partial charge >= 0.3 is 0 Å². The Morgan fingerprint density at radius 3 is 2.27 bits per heavy atom. The molecule has 2 N–H and O–H groups in total. The quantitative estimate of drug-likeness (QED) is 0.411. The summed E-state index contributed by atoms with van der Waals surface area (Å²) in [5.41, 5.74) is 3.93. The zero-order valence-corrected chi connectivity index (χ0v) is 18.0. The third-order valence-corrected chi connectivity index (χ3v) is 5.98. The molecular formula is C25H30N4O. The van der Waals surface area contributed by atoms with E-state index < -0.39 is 6.04 Å². The zero-order valence-electron chi connectivity index (χ0n) is 18.0. The van der Waals surface area contributed by atoms with Crippen molar-refractivity contribution in [1.82, 2.24) is 9.80 Å². The van der Waals surface area contributed by atoms with Gasteiger partial charge in [0.15, 0.2) is 0 Å². The van der Waals surface area contributed by atoms with Crippen LogP contribution in [0.3, 0.4) is 0 Å². The minimum atomic E-state index is -0.421. The Labute approximate surface area is 178 Å². The van der Waals surface area contributed by atoms with Crippen molar-refractivity contribution in [3.8, 4) is 0 Å². The SMILES string of the molecule is Cc1cc(C)cc(N(N)C(=O)C(c2cccc3ccccc23)N2CCN(C)CC2)c1. The van der Waals surface area contributed by atoms with Crippen molar-refractivity contribution in [3.63, 3.8) is 0 Å². The normalized spacial score (nSPS) is 16.5. The average molecular weight is 403 g/mol. The van der Waals surface area contributed by atoms with Crippen LogP contribution >= 0.6 is 0 Å². The van der Waals surface area contributed by atoms with Crippen molar-refractivity contribution in [2.75, 3.05) is 38.2 Å². The molecular weight excluding hydrogens is 372 g/mol. The van der Waals surface area contributed by atoms with Gasteiger partial charge < -0.3 is 4.90 Å². The maximum Gasteiger partial charge on any atom is 0.263 e. The molecule has 1 atom stereocenters. The molecule has 0 saturated carbocycles. The number of piperazine rings is 1. The minimum absolute atomic E-state index is 0.0964. The summed E-state index contributed by atoms with van der Waals surface area (Å²) in [6, 6.07) is 20.0. The van der Waals surface area contributed by atoms with Gasteiger partial charge in [0.1, 0.15) is 6.04 Å². The van der Waals surface area contributed by atoms with Crippen molar-refractivity contribution in [2.45, 2.75) is 19.9 Å². The van der Waals surface area contributed by atoms with E-state index in [0.717, 1.165) is 59.3 Å². The van der Waals surface area contributed by atoms with Crippen molar-refractivity contribution in [3.05, 3.63) is 77.4 Å². The monoisotopic (exact) mass is 402 g/mol. The van der Waals surface area contributed by atoms with Crippen LogP contribution in [0.15, 0.2) is 60.7 Å². The van der Waals surface area contributed by atoms with Crippen molar-refractivity contribution < 1.29 is 4.79 Å². The number of fused-ring (bicyclic) bond motifs is 1. The van der Waals surface area contributed by atoms with Gasteiger partial charge in [-0.15, -0.1) is 0 Å². The molecule has 156 valence electrons. The molecule has 4 rings (SSSR count). The van der Waals surface area contributed by atoms with Crippen LogP contribution in [0.2, 0.25) is 0 Å². The van der Waals surface area contributed by atoms with Crippen LogP contribution < -0.4 is 10.9 Å². The fourth-order valence-corrected chi connectivity index (χ4v) is 4.40. The third kappa shape index (κ3) is 4.10. The average Bonchev–Trinajstić information content (AvgIpc) is 2.74. The van der Waals surface area contributed by atoms with E-state index in [-0.39, 0.29) is 5.91 Å². The summed E-state index contributed by atoms with van der Waals surface area (Å²) in [6.45, 7) is 7.58. The number of nitrogens with zero attached hydrogens (tertiary/aromatic N) is 3. The summed E-state index contributed by atoms with van der Waals surface area (Å²) in [7, 11) is 2.12. The summed E-state index contributed by atoms with van der Waals surface area (Å²) >= 11 is 0. The minimum Gasteiger partial charge on any atom is -0.304 e. The first-order valence-electron chi connectivity index (χ1n) is 10.5. The molecule has 1 amide bonds. The van der Waals surface area contributed by atoms with Crippen LogP contribution in [-0.2, 0) is 4.79 Å². The molecule has 0 aliphatic carbocycles. The Kier molecular flexibility index (Phi) is 5.86. The van der Waals surface area contributed by atoms with Crippen LogP contribution in [0.5, 0.6) is 0 Å². The van der Waals surface area contributed by atoms with Gasteiger partial charge in [0, 0.05) is 26.2 Å². The van der Waals surface area contributed by atoms with Gasteiger partial charge in [0.25, 0.3) is 5.91 Å². The van der Waals surface area contributed by atoms with E-state index in [1.807, 2.05) is 44.2 Å². The zero-order chi connectivity index (χ0) is 21.3. The van der Waals surface area contributed by atoms with E-state index in [2.05, 4.69) is 47.2 Å². The van der Waals surface area contributed by atoms with Crippen LogP contribution in [0.4, 0.5) is 5.69 Å². The summed E-state index contributed by atoms with van der Waals surface area (Å²) in [5, 5.41) is 3.58. The lowest BCUT2D eigenvalue weighted by atomic mass is 9.96. The number of carbonyl (C=O) groups excluding carboxylic acids is 1. The first-order chi connectivity index (χ1) is 14.4. The number of likely N-dealkylation sites (N-methyl/N-ethyl adjacent to an activating group) is 1. The van der Waals surface area contributed by atoms with E-state index >= 15 is 0 Å². The Morgan fingerprint density at radius 2 is 1.57 bits per heavy atom. The molecule has 30 heavy (non-hydrogen) atoms. The Morgan fingerprint density at radius 1 is 0.933 bits per heavy atom. The lowest BCUT2D eigenvalue weighted by Crippen LogP contribution is -2.52. The lowest BCUT2D eigenvalue weighted by molar-refractivity contribution is -0.124. The second-order valence-corrected chi connectivity index (χ2v) is 8.36. The van der Waals surface area contributed by atoms with Gasteiger partial charge in [-0.3, -0.25) is 9.69 Å². The van der Waals surface area contributed by atoms with E-state index in [1.54, 1.807) is 0 Å². The largest absolute Gasteiger partial charge is 0.304 e. The van der Waals surface area contributed by atoms with Crippen LogP contribution in [0.1, 0.15) is 22.7 Å². The first-order valence-corrected chi connectivity index (χ1v) is 10.5. The number of hydrogen-bond acceptors (Lipinski definition) is 4. The molecule has 3 aromatic carbocycles. The van der Waals surface area contributed by atoms with Crippen molar-refractivity contribution in [1.29, 1.82) is 0 Å². The number of rotatable bonds is 4. The number of aryl methyl sites for hydroxylation is 2. The van der Waals surface area contributed by atoms with Gasteiger partial charge in [-0.25, -0.2) is 10.9 Å². The number of benzene rings is 3. The molecule has 1 aliphatic rings. The molecule has 1 saturated heterocycles. The van der Waals surface area contributed by atoms with Gasteiger partial charge in [-0.1, -0.05) is 48.5 Å². The fraction of sp³-hybridized carbons (Fsp3) is 0.320. The lowest BCUT2D eigenvalue weighted by Gasteiger charge is -2.39. The molecule has 0 spiro atoms. The summed E-state index contributed by atoms with van der Waals surface area (Å²) in [5.74, 6) is 6.34. The molecule has 1 heterocycles. The summed E-state index contributed by atoms with van der Waals surface area (Å²) < 4.78 is 0. The predicted molar refractivity (Wildman–Crippen MR) is 123 cm³/mol. The van der Waals surface area contributed by atoms with Crippen LogP contribution in [0, 0.1) is 13.8 Å². The van der Waals surface area contributed by atoms with E-state index in [1.165, 1.54) is 5.01 Å². The number of carbonyl (C=O) groups is 1. The van der Waals surface area contributed by atoms with E-state index in [4.69, 9.17) is 5.84 Å². The molecule has 5 nitrogen and oxygen atoms in total. The van der Waals surface area contributed by atoms with Gasteiger partial charge in [0.05, 0.1) is 5.69 Å². The summed E-state index contributed by atoms with van der Waals surface area (Å²) in [6.07, 6.45) is 0. The Hall–Kier alpha value is -2.73. The van der Waals surface area contributed by atoms with Crippen LogP contribution in [0.25, 0.3) is 10.8 Å². The number of hydrazine groups is 1. The highest BCUT2D eigenvalue weighted by Crippen LogP contribution is 2.31. The van der Waals surface area contributed by atoms with Crippen LogP contribution in [-0.4, -0.2) is 48.9 Å². The van der Waals surface area contributed by atoms with E-state index in [9.17, 15) is 4.79 Å². The fourth-order valence-electron chi connectivity index (χ4n) is 4.40.